The van der Waals surface area contributed by atoms with Gasteiger partial charge < -0.3 is 24.8 Å². The van der Waals surface area contributed by atoms with Gasteiger partial charge >= 0.3 is 0 Å². The molecule has 2 atom stereocenters. The largest absolute Gasteiger partial charge is 0.493 e. The summed E-state index contributed by atoms with van der Waals surface area (Å²) in [5.41, 5.74) is 1.17. The van der Waals surface area contributed by atoms with Crippen molar-refractivity contribution in [2.45, 2.75) is 26.1 Å². The molecule has 0 saturated heterocycles. The smallest absolute Gasteiger partial charge is 0.257 e. The Balaban J connectivity index is 2.12. The molecule has 1 aliphatic rings. The molecule has 0 spiro atoms. The number of amides is 2. The van der Waals surface area contributed by atoms with Crippen LogP contribution in [0.15, 0.2) is 36.4 Å². The van der Waals surface area contributed by atoms with Crippen LogP contribution >= 0.6 is 0 Å². The molecular formula is C22H26N2O7S. The molecule has 2 unspecified atom stereocenters. The van der Waals surface area contributed by atoms with Crippen molar-refractivity contribution in [3.63, 3.8) is 0 Å². The van der Waals surface area contributed by atoms with Gasteiger partial charge in [0.25, 0.3) is 5.91 Å². The fourth-order valence-corrected chi connectivity index (χ4v) is 4.75. The number of nitrogens with one attached hydrogen (secondary N) is 1. The summed E-state index contributed by atoms with van der Waals surface area (Å²) in [4.78, 5) is 26.0. The Labute approximate surface area is 186 Å². The first-order chi connectivity index (χ1) is 15.1. The summed E-state index contributed by atoms with van der Waals surface area (Å²) in [6.07, 6.45) is -0.388. The van der Waals surface area contributed by atoms with Gasteiger partial charge in [-0.3, -0.25) is 9.59 Å². The maximum atomic E-state index is 13.3. The van der Waals surface area contributed by atoms with Crippen LogP contribution in [0.3, 0.4) is 0 Å². The number of aliphatic hydroxyl groups is 1. The number of aliphatic hydroxyl groups excluding tert-OH is 1. The Hall–Kier alpha value is -3.11. The Morgan fingerprint density at radius 3 is 2.56 bits per heavy atom. The monoisotopic (exact) mass is 462 g/mol. The molecule has 0 radical (unpaired) electrons. The molecule has 3 rings (SSSR count). The molecule has 2 aromatic carbocycles. The number of hydrogen-bond acceptors (Lipinski definition) is 7. The summed E-state index contributed by atoms with van der Waals surface area (Å²) in [7, 11) is -2.07. The third-order valence-corrected chi connectivity index (χ3v) is 5.99. The van der Waals surface area contributed by atoms with Crippen LogP contribution in [0.5, 0.6) is 11.5 Å². The second kappa shape index (κ2) is 9.17. The number of ether oxygens (including phenoxy) is 2. The molecule has 9 nitrogen and oxygen atoms in total. The minimum Gasteiger partial charge on any atom is -0.493 e. The van der Waals surface area contributed by atoms with Gasteiger partial charge in [0.1, 0.15) is 9.84 Å². The number of fused-ring (bicyclic) bond motifs is 1. The lowest BCUT2D eigenvalue weighted by Crippen LogP contribution is -2.36. The quantitative estimate of drug-likeness (QED) is 0.617. The van der Waals surface area contributed by atoms with Gasteiger partial charge in [-0.2, -0.15) is 0 Å². The first kappa shape index (κ1) is 23.6. The number of anilines is 1. The second-order valence-corrected chi connectivity index (χ2v) is 9.67. The molecule has 0 aromatic heterocycles. The zero-order chi connectivity index (χ0) is 23.6. The van der Waals surface area contributed by atoms with Crippen molar-refractivity contribution in [1.82, 2.24) is 4.90 Å². The Bertz CT molecular complexity index is 1150. The lowest BCUT2D eigenvalue weighted by molar-refractivity contribution is -0.114. The van der Waals surface area contributed by atoms with Gasteiger partial charge in [0.05, 0.1) is 25.5 Å². The van der Waals surface area contributed by atoms with E-state index < -0.39 is 33.8 Å². The van der Waals surface area contributed by atoms with Gasteiger partial charge in [0.2, 0.25) is 5.91 Å². The number of rotatable bonds is 8. The van der Waals surface area contributed by atoms with E-state index in [9.17, 15) is 23.1 Å². The van der Waals surface area contributed by atoms with Crippen molar-refractivity contribution in [2.24, 2.45) is 0 Å². The molecule has 0 bridgehead atoms. The normalized spacial score (nSPS) is 16.5. The highest BCUT2D eigenvalue weighted by atomic mass is 32.2. The number of nitrogens with zero attached hydrogens (tertiary/aromatic N) is 1. The molecule has 32 heavy (non-hydrogen) atoms. The summed E-state index contributed by atoms with van der Waals surface area (Å²) in [5, 5.41) is 13.7. The van der Waals surface area contributed by atoms with Crippen molar-refractivity contribution >= 4 is 27.3 Å². The first-order valence-corrected chi connectivity index (χ1v) is 12.0. The molecule has 172 valence electrons. The predicted octanol–water partition coefficient (Wildman–Crippen LogP) is 2.28. The van der Waals surface area contributed by atoms with Gasteiger partial charge in [-0.25, -0.2) is 8.42 Å². The van der Waals surface area contributed by atoms with Crippen LogP contribution in [0, 0.1) is 0 Å². The summed E-state index contributed by atoms with van der Waals surface area (Å²) in [5.74, 6) is -0.471. The number of methoxy groups -OCH3 is 1. The topological polar surface area (TPSA) is 122 Å². The standard InChI is InChI=1S/C22H26N2O7S/c1-5-31-19-11-14(9-10-18(19)30-3)17(12-32(4,28)29)24-21(26)15-7-6-8-16(23-13(2)25)20(15)22(24)27/h6-11,17,22,27H,5,12H2,1-4H3,(H,23,25). The zero-order valence-electron chi connectivity index (χ0n) is 18.3. The van der Waals surface area contributed by atoms with E-state index in [1.807, 2.05) is 0 Å². The number of carbonyl (C=O) groups excluding carboxylic acids is 2. The molecule has 0 fully saturated rings. The average Bonchev–Trinajstić information content (AvgIpc) is 2.96. The molecule has 10 heteroatoms. The molecule has 0 saturated carbocycles. The summed E-state index contributed by atoms with van der Waals surface area (Å²) in [6.45, 7) is 3.47. The van der Waals surface area contributed by atoms with Crippen LogP contribution in [0.1, 0.15) is 47.6 Å². The summed E-state index contributed by atoms with van der Waals surface area (Å²) < 4.78 is 35.4. The fraction of sp³-hybridized carbons (Fsp3) is 0.364. The van der Waals surface area contributed by atoms with Crippen molar-refractivity contribution in [2.75, 3.05) is 31.0 Å². The van der Waals surface area contributed by atoms with Crippen LogP contribution < -0.4 is 14.8 Å². The lowest BCUT2D eigenvalue weighted by Gasteiger charge is -2.31. The average molecular weight is 463 g/mol. The van der Waals surface area contributed by atoms with E-state index in [0.29, 0.717) is 29.4 Å². The minimum absolute atomic E-state index is 0.195. The maximum Gasteiger partial charge on any atom is 0.257 e. The Kier molecular flexibility index (Phi) is 6.75. The van der Waals surface area contributed by atoms with E-state index in [2.05, 4.69) is 5.32 Å². The van der Waals surface area contributed by atoms with Crippen LogP contribution in [-0.4, -0.2) is 56.0 Å². The number of benzene rings is 2. The molecule has 1 heterocycles. The van der Waals surface area contributed by atoms with Crippen molar-refractivity contribution in [1.29, 1.82) is 0 Å². The van der Waals surface area contributed by atoms with Gasteiger partial charge in [-0.15, -0.1) is 0 Å². The third kappa shape index (κ3) is 4.71. The highest BCUT2D eigenvalue weighted by Gasteiger charge is 2.43. The van der Waals surface area contributed by atoms with Gasteiger partial charge in [0, 0.05) is 30.0 Å². The molecule has 1 aliphatic heterocycles. The van der Waals surface area contributed by atoms with E-state index in [1.54, 1.807) is 37.3 Å². The molecule has 0 aliphatic carbocycles. The maximum absolute atomic E-state index is 13.3. The van der Waals surface area contributed by atoms with Crippen LogP contribution in [0.4, 0.5) is 5.69 Å². The van der Waals surface area contributed by atoms with Crippen LogP contribution in [0.2, 0.25) is 0 Å². The summed E-state index contributed by atoms with van der Waals surface area (Å²) in [6, 6.07) is 8.55. The van der Waals surface area contributed by atoms with E-state index in [0.717, 1.165) is 11.2 Å². The van der Waals surface area contributed by atoms with E-state index in [4.69, 9.17) is 9.47 Å². The van der Waals surface area contributed by atoms with Gasteiger partial charge in [-0.05, 0) is 36.8 Å². The number of carbonyl (C=O) groups is 2. The van der Waals surface area contributed by atoms with E-state index in [1.165, 1.54) is 20.1 Å². The predicted molar refractivity (Wildman–Crippen MR) is 118 cm³/mol. The zero-order valence-corrected chi connectivity index (χ0v) is 19.1. The molecule has 2 amide bonds. The Morgan fingerprint density at radius 1 is 1.25 bits per heavy atom. The SMILES string of the molecule is CCOc1cc(C(CS(C)(=O)=O)N2C(=O)c3cccc(NC(C)=O)c3C2O)ccc1OC. The second-order valence-electron chi connectivity index (χ2n) is 7.49. The van der Waals surface area contributed by atoms with Crippen molar-refractivity contribution in [3.05, 3.63) is 53.1 Å². The minimum atomic E-state index is -3.56. The highest BCUT2D eigenvalue weighted by molar-refractivity contribution is 7.90. The van der Waals surface area contributed by atoms with E-state index >= 15 is 0 Å². The molecule has 2 aromatic rings. The highest BCUT2D eigenvalue weighted by Crippen LogP contribution is 2.43. The third-order valence-electron chi connectivity index (χ3n) is 5.07. The number of hydrogen-bond donors (Lipinski definition) is 2. The Morgan fingerprint density at radius 2 is 1.97 bits per heavy atom. The van der Waals surface area contributed by atoms with Gasteiger partial charge in [0.15, 0.2) is 17.7 Å². The molecule has 2 N–H and O–H groups in total. The number of sulfone groups is 1. The van der Waals surface area contributed by atoms with Crippen molar-refractivity contribution < 1.29 is 32.6 Å². The van der Waals surface area contributed by atoms with Crippen LogP contribution in [-0.2, 0) is 14.6 Å². The van der Waals surface area contributed by atoms with Crippen LogP contribution in [0.25, 0.3) is 0 Å². The fourth-order valence-electron chi connectivity index (χ4n) is 3.82. The van der Waals surface area contributed by atoms with E-state index in [-0.39, 0.29) is 17.0 Å². The van der Waals surface area contributed by atoms with Gasteiger partial charge in [-0.1, -0.05) is 12.1 Å². The van der Waals surface area contributed by atoms with Crippen molar-refractivity contribution in [3.8, 4) is 11.5 Å². The summed E-state index contributed by atoms with van der Waals surface area (Å²) >= 11 is 0. The molecular weight excluding hydrogens is 436 g/mol. The first-order valence-electron chi connectivity index (χ1n) is 9.97. The lowest BCUT2D eigenvalue weighted by atomic mass is 10.1.